The van der Waals surface area contributed by atoms with E-state index in [2.05, 4.69) is 0 Å². The second kappa shape index (κ2) is 9.62. The lowest BCUT2D eigenvalue weighted by Gasteiger charge is -2.40. The average molecular weight is 510 g/mol. The van der Waals surface area contributed by atoms with Crippen molar-refractivity contribution in [1.82, 2.24) is 4.90 Å². The third-order valence-corrected chi connectivity index (χ3v) is 7.71. The molecule has 1 atom stereocenters. The highest BCUT2D eigenvalue weighted by atomic mass is 32.2. The second-order valence-electron chi connectivity index (χ2n) is 8.91. The topological polar surface area (TPSA) is 108 Å². The van der Waals surface area contributed by atoms with Crippen LogP contribution in [0.5, 0.6) is 0 Å². The van der Waals surface area contributed by atoms with Gasteiger partial charge in [-0.3, -0.25) is 14.4 Å². The number of anilines is 2. The van der Waals surface area contributed by atoms with Gasteiger partial charge in [-0.2, -0.15) is 0 Å². The number of hydrogen-bond donors (Lipinski definition) is 0. The Bertz CT molecular complexity index is 1410. The summed E-state index contributed by atoms with van der Waals surface area (Å²) in [6.45, 7) is 3.64. The predicted octanol–water partition coefficient (Wildman–Crippen LogP) is 3.21. The summed E-state index contributed by atoms with van der Waals surface area (Å²) in [6.07, 6.45) is 1.43. The molecule has 0 aliphatic carbocycles. The number of hydrogen-bond acceptors (Lipinski definition) is 6. The van der Waals surface area contributed by atoms with Gasteiger partial charge in [0.2, 0.25) is 11.8 Å². The molecule has 0 bridgehead atoms. The maximum absolute atomic E-state index is 13.2. The van der Waals surface area contributed by atoms with Crippen molar-refractivity contribution in [2.75, 3.05) is 36.2 Å². The van der Waals surface area contributed by atoms with Crippen LogP contribution < -0.4 is 9.80 Å². The van der Waals surface area contributed by atoms with Gasteiger partial charge in [0.1, 0.15) is 5.75 Å². The van der Waals surface area contributed by atoms with E-state index in [1.807, 2.05) is 13.0 Å². The third-order valence-electron chi connectivity index (χ3n) is 6.09. The Morgan fingerprint density at radius 1 is 1.00 bits per heavy atom. The minimum atomic E-state index is -3.78. The maximum Gasteiger partial charge on any atom is 0.294 e. The molecule has 0 spiro atoms. The van der Waals surface area contributed by atoms with E-state index in [0.717, 1.165) is 5.56 Å². The number of furan rings is 1. The molecule has 1 unspecified atom stereocenters. The van der Waals surface area contributed by atoms with Gasteiger partial charge in [0, 0.05) is 27.6 Å². The molecule has 9 nitrogen and oxygen atoms in total. The molecule has 0 saturated heterocycles. The molecule has 1 aliphatic heterocycles. The van der Waals surface area contributed by atoms with Gasteiger partial charge in [0.25, 0.3) is 5.91 Å². The zero-order chi connectivity index (χ0) is 26.2. The van der Waals surface area contributed by atoms with Crippen LogP contribution >= 0.6 is 0 Å². The molecular weight excluding hydrogens is 482 g/mol. The van der Waals surface area contributed by atoms with Crippen molar-refractivity contribution < 1.29 is 27.2 Å². The molecule has 188 valence electrons. The Morgan fingerprint density at radius 3 is 2.25 bits per heavy atom. The molecule has 1 aliphatic rings. The van der Waals surface area contributed by atoms with Crippen LogP contribution in [0.3, 0.4) is 0 Å². The van der Waals surface area contributed by atoms with Crippen molar-refractivity contribution in [2.45, 2.75) is 24.8 Å². The summed E-state index contributed by atoms with van der Waals surface area (Å²) in [5.74, 6) is -1.37. The maximum atomic E-state index is 13.2. The zero-order valence-electron chi connectivity index (χ0n) is 20.5. The fourth-order valence-electron chi connectivity index (χ4n) is 4.24. The minimum absolute atomic E-state index is 0.0469. The van der Waals surface area contributed by atoms with Gasteiger partial charge >= 0.3 is 0 Å². The number of fused-ring (bicyclic) bond motifs is 1. The summed E-state index contributed by atoms with van der Waals surface area (Å²) in [5.41, 5.74) is 2.60. The molecule has 0 saturated carbocycles. The van der Waals surface area contributed by atoms with Gasteiger partial charge in [-0.1, -0.05) is 18.2 Å². The van der Waals surface area contributed by atoms with Crippen LogP contribution in [0.1, 0.15) is 24.4 Å². The fourth-order valence-corrected chi connectivity index (χ4v) is 5.54. The quantitative estimate of drug-likeness (QED) is 0.523. The van der Waals surface area contributed by atoms with E-state index in [9.17, 15) is 22.8 Å². The number of sulfone groups is 1. The molecule has 36 heavy (non-hydrogen) atoms. The molecule has 0 radical (unpaired) electrons. The predicted molar refractivity (Wildman–Crippen MR) is 136 cm³/mol. The first-order valence-electron chi connectivity index (χ1n) is 11.3. The lowest BCUT2D eigenvalue weighted by molar-refractivity contribution is -0.126. The molecule has 1 aromatic heterocycles. The molecule has 3 aromatic rings. The molecule has 2 heterocycles. The Labute approximate surface area is 209 Å². The van der Waals surface area contributed by atoms with Crippen LogP contribution in [0.4, 0.5) is 11.4 Å². The average Bonchev–Trinajstić information content (AvgIpc) is 3.37. The monoisotopic (exact) mass is 509 g/mol. The van der Waals surface area contributed by atoms with Crippen molar-refractivity contribution in [3.8, 4) is 11.1 Å². The molecule has 3 amide bonds. The van der Waals surface area contributed by atoms with Crippen molar-refractivity contribution in [3.05, 3.63) is 66.6 Å². The van der Waals surface area contributed by atoms with E-state index >= 15 is 0 Å². The Balaban J connectivity index is 1.72. The number of nitrogens with zero attached hydrogens (tertiary/aromatic N) is 3. The first-order chi connectivity index (χ1) is 17.0. The highest BCUT2D eigenvalue weighted by Gasteiger charge is 2.35. The van der Waals surface area contributed by atoms with Gasteiger partial charge in [0.15, 0.2) is 15.6 Å². The third kappa shape index (κ3) is 4.76. The summed E-state index contributed by atoms with van der Waals surface area (Å²) >= 11 is 0. The summed E-state index contributed by atoms with van der Waals surface area (Å²) in [6, 6.07) is 14.6. The Kier molecular flexibility index (Phi) is 6.73. The molecule has 4 rings (SSSR count). The van der Waals surface area contributed by atoms with Crippen LogP contribution in [0.15, 0.2) is 70.2 Å². The molecular formula is C26H27N3O6S. The number of carbonyl (C=O) groups is 3. The number of benzene rings is 2. The largest absolute Gasteiger partial charge is 0.459 e. The Morgan fingerprint density at radius 2 is 1.67 bits per heavy atom. The summed E-state index contributed by atoms with van der Waals surface area (Å²) < 4.78 is 30.5. The van der Waals surface area contributed by atoms with Crippen molar-refractivity contribution in [2.24, 2.45) is 0 Å². The highest BCUT2D eigenvalue weighted by Crippen LogP contribution is 2.39. The smallest absolute Gasteiger partial charge is 0.294 e. The van der Waals surface area contributed by atoms with E-state index in [1.165, 1.54) is 44.3 Å². The summed E-state index contributed by atoms with van der Waals surface area (Å²) in [7, 11) is -0.775. The van der Waals surface area contributed by atoms with Crippen molar-refractivity contribution in [1.29, 1.82) is 0 Å². The summed E-state index contributed by atoms with van der Waals surface area (Å²) in [5, 5.41) is 0. The Hall–Kier alpha value is -3.92. The first kappa shape index (κ1) is 25.2. The van der Waals surface area contributed by atoms with E-state index < -0.39 is 21.5 Å². The van der Waals surface area contributed by atoms with Crippen LogP contribution in [0, 0.1) is 0 Å². The molecule has 0 fully saturated rings. The van der Waals surface area contributed by atoms with Gasteiger partial charge < -0.3 is 19.1 Å². The highest BCUT2D eigenvalue weighted by molar-refractivity contribution is 7.92. The summed E-state index contributed by atoms with van der Waals surface area (Å²) in [4.78, 5) is 42.1. The fraction of sp³-hybridized carbons (Fsp3) is 0.269. The van der Waals surface area contributed by atoms with E-state index in [1.54, 1.807) is 46.2 Å². The van der Waals surface area contributed by atoms with E-state index in [-0.39, 0.29) is 35.1 Å². The van der Waals surface area contributed by atoms with Crippen molar-refractivity contribution >= 4 is 38.9 Å². The van der Waals surface area contributed by atoms with Crippen LogP contribution in [0.2, 0.25) is 0 Å². The SMILES string of the molecule is CC(=O)N1c2ccc(-c3ccc(S(=O)(=O)CC(=O)N(C)C)cc3)cc2N(C(=O)c2ccco2)CC1C. The molecule has 0 N–H and O–H groups in total. The second-order valence-corrected chi connectivity index (χ2v) is 10.9. The van der Waals surface area contributed by atoms with E-state index in [4.69, 9.17) is 4.42 Å². The van der Waals surface area contributed by atoms with Gasteiger partial charge in [-0.05, 0) is 54.4 Å². The number of carbonyl (C=O) groups excluding carboxylic acids is 3. The lowest BCUT2D eigenvalue weighted by Crippen LogP contribution is -2.51. The van der Waals surface area contributed by atoms with Gasteiger partial charge in [-0.15, -0.1) is 0 Å². The van der Waals surface area contributed by atoms with Gasteiger partial charge in [0.05, 0.1) is 28.6 Å². The standard InChI is InChI=1S/C26H27N3O6S/c1-17-15-28(26(32)24-6-5-13-35-24)23-14-20(9-12-22(23)29(17)18(2)30)19-7-10-21(11-8-19)36(33,34)16-25(31)27(3)4/h5-14,17H,15-16H2,1-4H3. The number of rotatable bonds is 5. The number of amides is 3. The van der Waals surface area contributed by atoms with Crippen LogP contribution in [-0.4, -0.2) is 63.5 Å². The van der Waals surface area contributed by atoms with Gasteiger partial charge in [-0.25, -0.2) is 8.42 Å². The van der Waals surface area contributed by atoms with Crippen LogP contribution in [0.25, 0.3) is 11.1 Å². The molecule has 10 heteroatoms. The molecule has 2 aromatic carbocycles. The van der Waals surface area contributed by atoms with Crippen molar-refractivity contribution in [3.63, 3.8) is 0 Å². The lowest BCUT2D eigenvalue weighted by atomic mass is 10.0. The van der Waals surface area contributed by atoms with Crippen LogP contribution in [-0.2, 0) is 19.4 Å². The normalized spacial score (nSPS) is 15.4. The zero-order valence-corrected chi connectivity index (χ0v) is 21.3. The first-order valence-corrected chi connectivity index (χ1v) is 13.0. The minimum Gasteiger partial charge on any atom is -0.459 e. The van der Waals surface area contributed by atoms with E-state index in [0.29, 0.717) is 16.9 Å².